The van der Waals surface area contributed by atoms with Crippen molar-refractivity contribution in [2.75, 3.05) is 93.0 Å². The topological polar surface area (TPSA) is 193 Å². The highest BCUT2D eigenvalue weighted by Gasteiger charge is 2.55. The average Bonchev–Trinajstić information content (AvgIpc) is 1.56. The molecular formula is C75H106B2Br2O16. The van der Waals surface area contributed by atoms with Crippen LogP contribution in [0, 0.1) is 6.92 Å². The molecule has 2 saturated heterocycles. The number of carbonyl (C=O) groups excluding carboxylic acids is 3. The molecule has 16 nitrogen and oxygen atoms in total. The minimum atomic E-state index is -0.707. The SMILES string of the molecule is CCCCCCc1cc(B2OC(C)(C)C(C)(C)O2)c(CCCCCC)cc1B1OC(C)(C)C(C)(C)O1.CCOC(=O)c1cc(C2(c3ccc(C)c(CC)c3)c3cc(Br)ccc3-c3ccc(Br)cc32)ccc1OCCOCCOCCOC.O=C=O.OCCOCCOCCO. The van der Waals surface area contributed by atoms with E-state index < -0.39 is 11.4 Å². The smallest absolute Gasteiger partial charge is 0.490 e. The van der Waals surface area contributed by atoms with Crippen LogP contribution in [0.15, 0.2) is 93.9 Å². The number of aliphatic hydroxyl groups excluding tert-OH is 2. The molecule has 8 rings (SSSR count). The van der Waals surface area contributed by atoms with Crippen molar-refractivity contribution in [3.63, 3.8) is 0 Å². The van der Waals surface area contributed by atoms with Crippen LogP contribution in [0.25, 0.3) is 11.1 Å². The quantitative estimate of drug-likeness (QED) is 0.0220. The van der Waals surface area contributed by atoms with Gasteiger partial charge in [-0.3, -0.25) is 0 Å². The maximum atomic E-state index is 13.5. The minimum Gasteiger partial charge on any atom is -0.490 e. The molecule has 522 valence electrons. The number of aliphatic hydroxyl groups is 2. The highest BCUT2D eigenvalue weighted by atomic mass is 79.9. The summed E-state index contributed by atoms with van der Waals surface area (Å²) in [7, 11) is 0.943. The summed E-state index contributed by atoms with van der Waals surface area (Å²) in [5.41, 5.74) is 12.5. The number of aryl methyl sites for hydroxylation is 4. The predicted octanol–water partition coefficient (Wildman–Crippen LogP) is 13.6. The van der Waals surface area contributed by atoms with E-state index in [-0.39, 0.29) is 69.2 Å². The van der Waals surface area contributed by atoms with Gasteiger partial charge in [-0.2, -0.15) is 9.59 Å². The first-order valence-corrected chi connectivity index (χ1v) is 35.5. The summed E-state index contributed by atoms with van der Waals surface area (Å²) in [6.07, 6.45) is 13.0. The van der Waals surface area contributed by atoms with E-state index >= 15 is 0 Å². The van der Waals surface area contributed by atoms with Crippen molar-refractivity contribution in [3.05, 3.63) is 144 Å². The molecule has 2 aliphatic heterocycles. The average molecular weight is 1450 g/mol. The Morgan fingerprint density at radius 1 is 0.516 bits per heavy atom. The van der Waals surface area contributed by atoms with Crippen LogP contribution >= 0.6 is 31.9 Å². The second-order valence-corrected chi connectivity index (χ2v) is 27.8. The molecule has 0 amide bonds. The van der Waals surface area contributed by atoms with Crippen LogP contribution in [0.2, 0.25) is 0 Å². The van der Waals surface area contributed by atoms with Gasteiger partial charge in [-0.15, -0.1) is 0 Å². The lowest BCUT2D eigenvalue weighted by Gasteiger charge is -2.35. The zero-order chi connectivity index (χ0) is 69.8. The number of benzene rings is 5. The van der Waals surface area contributed by atoms with E-state index in [0.717, 1.165) is 61.6 Å². The molecule has 3 aliphatic rings. The van der Waals surface area contributed by atoms with E-state index in [2.05, 4.69) is 188 Å². The molecule has 2 fully saturated rings. The van der Waals surface area contributed by atoms with Crippen LogP contribution in [-0.2, 0) is 81.3 Å². The van der Waals surface area contributed by atoms with E-state index in [0.29, 0.717) is 70.8 Å². The second kappa shape index (κ2) is 39.9. The van der Waals surface area contributed by atoms with Crippen molar-refractivity contribution >= 4 is 69.1 Å². The van der Waals surface area contributed by atoms with Crippen molar-refractivity contribution < 1.29 is 76.4 Å². The number of rotatable bonds is 34. The molecule has 20 heteroatoms. The van der Waals surface area contributed by atoms with Crippen LogP contribution in [0.1, 0.15) is 189 Å². The maximum Gasteiger partial charge on any atom is 0.495 e. The molecule has 0 aromatic heterocycles. The summed E-state index contributed by atoms with van der Waals surface area (Å²) in [4.78, 5) is 29.8. The summed E-state index contributed by atoms with van der Waals surface area (Å²) < 4.78 is 65.8. The number of methoxy groups -OCH3 is 1. The van der Waals surface area contributed by atoms with Crippen LogP contribution in [0.5, 0.6) is 5.75 Å². The number of fused-ring (bicyclic) bond motifs is 3. The molecule has 0 bridgehead atoms. The fraction of sp³-hybridized carbons (Fsp3) is 0.573. The van der Waals surface area contributed by atoms with Crippen LogP contribution < -0.4 is 15.7 Å². The van der Waals surface area contributed by atoms with Gasteiger partial charge in [-0.1, -0.05) is 140 Å². The first kappa shape index (κ1) is 81.1. The second-order valence-electron chi connectivity index (χ2n) is 25.9. The molecule has 0 unspecified atom stereocenters. The molecular weight excluding hydrogens is 1340 g/mol. The maximum absolute atomic E-state index is 13.5. The van der Waals surface area contributed by atoms with Gasteiger partial charge in [0.25, 0.3) is 0 Å². The van der Waals surface area contributed by atoms with Crippen LogP contribution in [0.3, 0.4) is 0 Å². The van der Waals surface area contributed by atoms with Crippen molar-refractivity contribution in [1.82, 2.24) is 0 Å². The molecule has 1 aliphatic carbocycles. The number of ether oxygens (including phenoxy) is 7. The lowest BCUT2D eigenvalue weighted by atomic mass is 9.67. The molecule has 2 N–H and O–H groups in total. The third-order valence-electron chi connectivity index (χ3n) is 18.3. The number of esters is 1. The Balaban J connectivity index is 0.000000296. The molecule has 0 spiro atoms. The fourth-order valence-corrected chi connectivity index (χ4v) is 12.5. The van der Waals surface area contributed by atoms with Gasteiger partial charge in [0.05, 0.1) is 107 Å². The largest absolute Gasteiger partial charge is 0.495 e. The number of halogens is 2. The Morgan fingerprint density at radius 3 is 1.36 bits per heavy atom. The van der Waals surface area contributed by atoms with E-state index in [1.807, 2.05) is 19.1 Å². The van der Waals surface area contributed by atoms with Gasteiger partial charge in [0.2, 0.25) is 0 Å². The molecule has 95 heavy (non-hydrogen) atoms. The molecule has 0 saturated carbocycles. The zero-order valence-electron chi connectivity index (χ0n) is 59.1. The van der Waals surface area contributed by atoms with Crippen LogP contribution in [0.4, 0.5) is 0 Å². The van der Waals surface area contributed by atoms with E-state index in [9.17, 15) is 4.79 Å². The van der Waals surface area contributed by atoms with Gasteiger partial charge >= 0.3 is 26.4 Å². The Kier molecular flexibility index (Phi) is 34.0. The molecule has 0 atom stereocenters. The predicted molar refractivity (Wildman–Crippen MR) is 383 cm³/mol. The minimum absolute atomic E-state index is 0.0417. The number of unbranched alkanes of at least 4 members (excludes halogenated alkanes) is 6. The molecule has 5 aromatic rings. The zero-order valence-corrected chi connectivity index (χ0v) is 62.2. The highest BCUT2D eigenvalue weighted by Crippen LogP contribution is 2.58. The van der Waals surface area contributed by atoms with Crippen molar-refractivity contribution in [3.8, 4) is 16.9 Å². The van der Waals surface area contributed by atoms with Crippen molar-refractivity contribution in [2.45, 2.75) is 188 Å². The van der Waals surface area contributed by atoms with E-state index in [1.54, 1.807) is 7.11 Å². The number of hydrogen-bond acceptors (Lipinski definition) is 16. The lowest BCUT2D eigenvalue weighted by Crippen LogP contribution is -2.43. The summed E-state index contributed by atoms with van der Waals surface area (Å²) in [6, 6.07) is 30.3. The Hall–Kier alpha value is -4.60. The lowest BCUT2D eigenvalue weighted by molar-refractivity contribution is -0.191. The first-order valence-electron chi connectivity index (χ1n) is 33.9. The molecule has 2 heterocycles. The number of hydrogen-bond donors (Lipinski definition) is 2. The summed E-state index contributed by atoms with van der Waals surface area (Å²) in [5.74, 6) is 0.0272. The normalized spacial score (nSPS) is 15.7. The first-order chi connectivity index (χ1) is 45.4. The summed E-state index contributed by atoms with van der Waals surface area (Å²) in [5, 5.41) is 16.5. The van der Waals surface area contributed by atoms with E-state index in [4.69, 9.17) is 71.6 Å². The van der Waals surface area contributed by atoms with Gasteiger partial charge < -0.3 is 62.0 Å². The summed E-state index contributed by atoms with van der Waals surface area (Å²) in [6.45, 7) is 32.4. The van der Waals surface area contributed by atoms with E-state index in [1.165, 1.54) is 84.5 Å². The van der Waals surface area contributed by atoms with Gasteiger partial charge in [0.15, 0.2) is 0 Å². The third kappa shape index (κ3) is 21.9. The summed E-state index contributed by atoms with van der Waals surface area (Å²) >= 11 is 7.53. The van der Waals surface area contributed by atoms with Crippen molar-refractivity contribution in [1.29, 1.82) is 0 Å². The molecule has 5 aromatic carbocycles. The van der Waals surface area contributed by atoms with Crippen LogP contribution in [-0.4, -0.2) is 152 Å². The highest BCUT2D eigenvalue weighted by molar-refractivity contribution is 9.10. The van der Waals surface area contributed by atoms with Crippen molar-refractivity contribution in [2.24, 2.45) is 0 Å². The third-order valence-corrected chi connectivity index (χ3v) is 19.3. The Labute approximate surface area is 584 Å². The fourth-order valence-electron chi connectivity index (χ4n) is 11.7. The number of carbonyl (C=O) groups is 1. The Bertz CT molecular complexity index is 3040. The van der Waals surface area contributed by atoms with Gasteiger partial charge in [-0.25, -0.2) is 4.79 Å². The monoisotopic (exact) mass is 1440 g/mol. The Morgan fingerprint density at radius 2 is 0.937 bits per heavy atom. The van der Waals surface area contributed by atoms with Gasteiger partial charge in [0, 0.05) is 16.1 Å². The van der Waals surface area contributed by atoms with Gasteiger partial charge in [-0.05, 0) is 204 Å². The molecule has 0 radical (unpaired) electrons. The standard InChI is InChI=1S/C38H40Br2O6.C30H52B2O4.C6H14O4.CO2/c1-5-26-21-27(8-7-25(26)3)38(34-23-29(39)10-12-31(34)32-13-11-30(40)24-35(32)38)28-9-14-36(33(22-28)37(41)45-6-2)46-20-19-44-18-17-43-16-15-42-4;1-11-13-15-17-19-23-21-26(32-35-29(7,8)30(9,10)36-32)24(20-18-16-14-12-2)22-25(23)31-33-27(3,4)28(5,6)34-31;7-1-3-9-5-6-10-4-2-8;2-1-3/h7-14,21-24H,5-6,15-20H2,1-4H3;21-22H,11-20H2,1-10H3;7-8H,1-6H2;. The van der Waals surface area contributed by atoms with Gasteiger partial charge in [0.1, 0.15) is 17.9 Å².